The van der Waals surface area contributed by atoms with Gasteiger partial charge in [0.05, 0.1) is 11.1 Å². The average molecular weight is 408 g/mol. The fourth-order valence-corrected chi connectivity index (χ4v) is 4.65. The highest BCUT2D eigenvalue weighted by atomic mass is 35.5. The Morgan fingerprint density at radius 2 is 1.88 bits per heavy atom. The number of rotatable bonds is 5. The highest BCUT2D eigenvalue weighted by Crippen LogP contribution is 2.25. The van der Waals surface area contributed by atoms with Crippen LogP contribution in [0.2, 0.25) is 10.0 Å². The predicted molar refractivity (Wildman–Crippen MR) is 94.7 cm³/mol. The molecule has 1 aromatic rings. The van der Waals surface area contributed by atoms with Crippen LogP contribution in [0.5, 0.6) is 0 Å². The summed E-state index contributed by atoms with van der Waals surface area (Å²) in [5.41, 5.74) is 5.27. The van der Waals surface area contributed by atoms with E-state index in [0.717, 1.165) is 0 Å². The number of nitrogens with zero attached hydrogens (tertiary/aromatic N) is 1. The third kappa shape index (κ3) is 4.84. The first-order chi connectivity index (χ1) is 11.6. The topological polar surface area (TPSA) is 110 Å². The van der Waals surface area contributed by atoms with Gasteiger partial charge in [0.1, 0.15) is 4.90 Å². The molecular formula is C15H19Cl2N3O4S. The number of carbonyl (C=O) groups is 2. The van der Waals surface area contributed by atoms with Crippen molar-refractivity contribution in [3.8, 4) is 0 Å². The summed E-state index contributed by atoms with van der Waals surface area (Å²) >= 11 is 11.7. The fourth-order valence-electron chi connectivity index (χ4n) is 2.69. The van der Waals surface area contributed by atoms with Crippen molar-refractivity contribution in [3.63, 3.8) is 0 Å². The Labute approximate surface area is 156 Å². The molecule has 0 radical (unpaired) electrons. The minimum absolute atomic E-state index is 0.0128. The normalized spacial score (nSPS) is 17.3. The minimum atomic E-state index is -4.01. The molecule has 1 atom stereocenters. The van der Waals surface area contributed by atoms with E-state index in [1.165, 1.54) is 30.0 Å². The molecule has 0 bridgehead atoms. The second-order valence-corrected chi connectivity index (χ2v) is 8.45. The number of piperidine rings is 1. The van der Waals surface area contributed by atoms with Crippen LogP contribution in [0.4, 0.5) is 0 Å². The van der Waals surface area contributed by atoms with Gasteiger partial charge in [0, 0.05) is 24.0 Å². The van der Waals surface area contributed by atoms with Crippen LogP contribution < -0.4 is 10.5 Å². The van der Waals surface area contributed by atoms with E-state index in [2.05, 4.69) is 4.72 Å². The van der Waals surface area contributed by atoms with E-state index >= 15 is 0 Å². The van der Waals surface area contributed by atoms with Gasteiger partial charge in [0.25, 0.3) is 0 Å². The monoisotopic (exact) mass is 407 g/mol. The van der Waals surface area contributed by atoms with E-state index in [9.17, 15) is 18.0 Å². The van der Waals surface area contributed by atoms with E-state index in [-0.39, 0.29) is 32.7 Å². The zero-order valence-electron chi connectivity index (χ0n) is 13.5. The van der Waals surface area contributed by atoms with Gasteiger partial charge in [-0.3, -0.25) is 9.59 Å². The van der Waals surface area contributed by atoms with Gasteiger partial charge in [0.15, 0.2) is 0 Å². The van der Waals surface area contributed by atoms with Crippen LogP contribution in [-0.2, 0) is 19.6 Å². The molecule has 2 amide bonds. The number of nitrogens with one attached hydrogen (secondary N) is 1. The van der Waals surface area contributed by atoms with Crippen LogP contribution in [0.1, 0.15) is 19.8 Å². The molecule has 10 heteroatoms. The Balaban J connectivity index is 2.06. The number of likely N-dealkylation sites (tertiary alicyclic amines) is 1. The molecule has 1 saturated heterocycles. The standard InChI is InChI=1S/C15H19Cl2N3O4S/c1-9(15(22)20-6-4-10(5-7-20)14(18)21)19-25(23,24)13-8-11(16)2-3-12(13)17/h2-3,8-10,19H,4-7H2,1H3,(H2,18,21)/t9-/m1/s1. The highest BCUT2D eigenvalue weighted by Gasteiger charge is 2.31. The number of carbonyl (C=O) groups excluding carboxylic acids is 2. The quantitative estimate of drug-likeness (QED) is 0.767. The van der Waals surface area contributed by atoms with Crippen LogP contribution >= 0.6 is 23.2 Å². The molecule has 0 aliphatic carbocycles. The Kier molecular flexibility index (Phi) is 6.31. The molecule has 1 fully saturated rings. The van der Waals surface area contributed by atoms with Crippen LogP contribution in [0.25, 0.3) is 0 Å². The number of hydrogen-bond donors (Lipinski definition) is 2. The van der Waals surface area contributed by atoms with Crippen molar-refractivity contribution < 1.29 is 18.0 Å². The Bertz CT molecular complexity index is 777. The minimum Gasteiger partial charge on any atom is -0.369 e. The average Bonchev–Trinajstić information content (AvgIpc) is 2.55. The number of hydrogen-bond acceptors (Lipinski definition) is 4. The summed E-state index contributed by atoms with van der Waals surface area (Å²) in [5.74, 6) is -0.998. The fraction of sp³-hybridized carbons (Fsp3) is 0.467. The van der Waals surface area contributed by atoms with Crippen LogP contribution in [0, 0.1) is 5.92 Å². The molecule has 7 nitrogen and oxygen atoms in total. The SMILES string of the molecule is C[C@@H](NS(=O)(=O)c1cc(Cl)ccc1Cl)C(=O)N1CCC(C(N)=O)CC1. The van der Waals surface area contributed by atoms with Gasteiger partial charge in [-0.1, -0.05) is 23.2 Å². The summed E-state index contributed by atoms with van der Waals surface area (Å²) in [6, 6.07) is 3.09. The molecule has 138 valence electrons. The van der Waals surface area contributed by atoms with Crippen LogP contribution in [0.3, 0.4) is 0 Å². The van der Waals surface area contributed by atoms with Crippen molar-refractivity contribution in [1.82, 2.24) is 9.62 Å². The molecule has 1 heterocycles. The second kappa shape index (κ2) is 7.90. The van der Waals surface area contributed by atoms with Gasteiger partial charge in [0.2, 0.25) is 21.8 Å². The van der Waals surface area contributed by atoms with Crippen molar-refractivity contribution in [1.29, 1.82) is 0 Å². The van der Waals surface area contributed by atoms with Gasteiger partial charge in [-0.2, -0.15) is 4.72 Å². The number of nitrogens with two attached hydrogens (primary N) is 1. The van der Waals surface area contributed by atoms with E-state index < -0.39 is 16.1 Å². The van der Waals surface area contributed by atoms with Crippen LogP contribution in [-0.4, -0.2) is 44.3 Å². The second-order valence-electron chi connectivity index (χ2n) is 5.92. The maximum absolute atomic E-state index is 12.5. The Hall–Kier alpha value is -1.35. The van der Waals surface area contributed by atoms with Gasteiger partial charge in [-0.15, -0.1) is 0 Å². The van der Waals surface area contributed by atoms with Gasteiger partial charge < -0.3 is 10.6 Å². The first-order valence-corrected chi connectivity index (χ1v) is 9.91. The lowest BCUT2D eigenvalue weighted by Gasteiger charge is -2.32. The molecule has 0 aromatic heterocycles. The third-order valence-electron chi connectivity index (χ3n) is 4.09. The molecule has 1 aromatic carbocycles. The molecule has 1 aliphatic heterocycles. The molecular weight excluding hydrogens is 389 g/mol. The van der Waals surface area contributed by atoms with Crippen molar-refractivity contribution >= 4 is 45.0 Å². The highest BCUT2D eigenvalue weighted by molar-refractivity contribution is 7.89. The number of benzene rings is 1. The maximum Gasteiger partial charge on any atom is 0.242 e. The lowest BCUT2D eigenvalue weighted by molar-refractivity contribution is -0.136. The zero-order chi connectivity index (χ0) is 18.8. The maximum atomic E-state index is 12.5. The first-order valence-electron chi connectivity index (χ1n) is 7.67. The molecule has 1 aliphatic rings. The van der Waals surface area contributed by atoms with E-state index in [4.69, 9.17) is 28.9 Å². The van der Waals surface area contributed by atoms with E-state index in [1.54, 1.807) is 0 Å². The van der Waals surface area contributed by atoms with Crippen LogP contribution in [0.15, 0.2) is 23.1 Å². The number of amides is 2. The summed E-state index contributed by atoms with van der Waals surface area (Å²) < 4.78 is 27.2. The number of primary amides is 1. The Morgan fingerprint density at radius 3 is 2.44 bits per heavy atom. The third-order valence-corrected chi connectivity index (χ3v) is 6.35. The van der Waals surface area contributed by atoms with Gasteiger partial charge >= 0.3 is 0 Å². The number of halogens is 2. The van der Waals surface area contributed by atoms with Crippen molar-refractivity contribution in [2.75, 3.05) is 13.1 Å². The van der Waals surface area contributed by atoms with Crippen molar-refractivity contribution in [2.45, 2.75) is 30.7 Å². The largest absolute Gasteiger partial charge is 0.369 e. The molecule has 25 heavy (non-hydrogen) atoms. The molecule has 0 spiro atoms. The summed E-state index contributed by atoms with van der Waals surface area (Å²) in [6.45, 7) is 2.17. The zero-order valence-corrected chi connectivity index (χ0v) is 15.9. The number of sulfonamides is 1. The summed E-state index contributed by atoms with van der Waals surface area (Å²) in [5, 5.41) is 0.233. The molecule has 0 unspecified atom stereocenters. The van der Waals surface area contributed by atoms with Gasteiger partial charge in [-0.25, -0.2) is 8.42 Å². The predicted octanol–water partition coefficient (Wildman–Crippen LogP) is 1.38. The summed E-state index contributed by atoms with van der Waals surface area (Å²) in [6.07, 6.45) is 0.946. The lowest BCUT2D eigenvalue weighted by atomic mass is 9.96. The van der Waals surface area contributed by atoms with Crippen molar-refractivity contribution in [3.05, 3.63) is 28.2 Å². The van der Waals surface area contributed by atoms with E-state index in [0.29, 0.717) is 25.9 Å². The molecule has 0 saturated carbocycles. The van der Waals surface area contributed by atoms with E-state index in [1.807, 2.05) is 0 Å². The molecule has 3 N–H and O–H groups in total. The smallest absolute Gasteiger partial charge is 0.242 e. The first kappa shape index (κ1) is 20.0. The van der Waals surface area contributed by atoms with Crippen molar-refractivity contribution in [2.24, 2.45) is 11.7 Å². The van der Waals surface area contributed by atoms with Gasteiger partial charge in [-0.05, 0) is 38.0 Å². The summed E-state index contributed by atoms with van der Waals surface area (Å²) in [7, 11) is -4.01. The lowest BCUT2D eigenvalue weighted by Crippen LogP contribution is -2.50. The Morgan fingerprint density at radius 1 is 1.28 bits per heavy atom. The summed E-state index contributed by atoms with van der Waals surface area (Å²) in [4.78, 5) is 25.0. The molecule has 2 rings (SSSR count).